The minimum Gasteiger partial charge on any atom is -0.497 e. The minimum atomic E-state index is 0.145. The van der Waals surface area contributed by atoms with E-state index in [4.69, 9.17) is 9.47 Å². The fraction of sp³-hybridized carbons (Fsp3) is 0.421. The molecular formula is C19H24N4O3. The molecule has 1 aliphatic heterocycles. The monoisotopic (exact) mass is 356 g/mol. The molecule has 2 aromatic rings. The van der Waals surface area contributed by atoms with Crippen molar-refractivity contribution in [3.63, 3.8) is 0 Å². The Morgan fingerprint density at radius 2 is 1.73 bits per heavy atom. The molecule has 1 aliphatic rings. The first-order valence-corrected chi connectivity index (χ1v) is 8.64. The lowest BCUT2D eigenvalue weighted by Gasteiger charge is -2.35. The highest BCUT2D eigenvalue weighted by Gasteiger charge is 2.22. The molecule has 0 radical (unpaired) electrons. The molecule has 7 nitrogen and oxygen atoms in total. The van der Waals surface area contributed by atoms with Crippen LogP contribution in [-0.2, 0) is 11.2 Å². The van der Waals surface area contributed by atoms with Gasteiger partial charge < -0.3 is 19.3 Å². The lowest BCUT2D eigenvalue weighted by molar-refractivity contribution is -0.130. The number of benzene rings is 1. The molecule has 1 aromatic heterocycles. The van der Waals surface area contributed by atoms with Crippen LogP contribution in [0.2, 0.25) is 0 Å². The molecule has 0 atom stereocenters. The highest BCUT2D eigenvalue weighted by atomic mass is 16.5. The zero-order valence-electron chi connectivity index (χ0n) is 15.4. The first kappa shape index (κ1) is 18.0. The number of hydrogen-bond acceptors (Lipinski definition) is 6. The Morgan fingerprint density at radius 1 is 1.04 bits per heavy atom. The van der Waals surface area contributed by atoms with Gasteiger partial charge in [-0.05, 0) is 24.6 Å². The van der Waals surface area contributed by atoms with E-state index in [1.54, 1.807) is 14.2 Å². The average Bonchev–Trinajstić information content (AvgIpc) is 2.68. The highest BCUT2D eigenvalue weighted by Crippen LogP contribution is 2.19. The number of methoxy groups -OCH3 is 2. The van der Waals surface area contributed by atoms with Crippen molar-refractivity contribution in [2.24, 2.45) is 0 Å². The van der Waals surface area contributed by atoms with Gasteiger partial charge in [0.15, 0.2) is 0 Å². The van der Waals surface area contributed by atoms with Gasteiger partial charge in [0, 0.05) is 32.2 Å². The van der Waals surface area contributed by atoms with Crippen molar-refractivity contribution in [2.75, 3.05) is 45.3 Å². The van der Waals surface area contributed by atoms with Crippen molar-refractivity contribution < 1.29 is 14.3 Å². The molecule has 0 saturated carbocycles. The fourth-order valence-electron chi connectivity index (χ4n) is 3.01. The van der Waals surface area contributed by atoms with Gasteiger partial charge in [-0.2, -0.15) is 4.98 Å². The van der Waals surface area contributed by atoms with Gasteiger partial charge in [-0.25, -0.2) is 4.98 Å². The number of aryl methyl sites for hydroxylation is 1. The Hall–Kier alpha value is -2.83. The number of anilines is 1. The van der Waals surface area contributed by atoms with Crippen LogP contribution in [0.4, 0.5) is 5.82 Å². The summed E-state index contributed by atoms with van der Waals surface area (Å²) in [5.74, 6) is 3.02. The number of ether oxygens (including phenoxy) is 2. The maximum atomic E-state index is 12.6. The topological polar surface area (TPSA) is 67.8 Å². The predicted molar refractivity (Wildman–Crippen MR) is 98.8 cm³/mol. The smallest absolute Gasteiger partial charge is 0.227 e. The maximum absolute atomic E-state index is 12.6. The van der Waals surface area contributed by atoms with E-state index in [-0.39, 0.29) is 5.91 Å². The number of hydrogen-bond donors (Lipinski definition) is 0. The summed E-state index contributed by atoms with van der Waals surface area (Å²) >= 11 is 0. The van der Waals surface area contributed by atoms with E-state index in [9.17, 15) is 4.79 Å². The van der Waals surface area contributed by atoms with E-state index in [1.165, 1.54) is 0 Å². The number of nitrogens with zero attached hydrogens (tertiary/aromatic N) is 4. The summed E-state index contributed by atoms with van der Waals surface area (Å²) in [6.07, 6.45) is 0.407. The van der Waals surface area contributed by atoms with E-state index in [0.717, 1.165) is 30.2 Å². The largest absolute Gasteiger partial charge is 0.497 e. The van der Waals surface area contributed by atoms with Crippen LogP contribution < -0.4 is 14.4 Å². The van der Waals surface area contributed by atoms with Gasteiger partial charge in [-0.1, -0.05) is 12.1 Å². The Morgan fingerprint density at radius 3 is 2.35 bits per heavy atom. The van der Waals surface area contributed by atoms with Crippen molar-refractivity contribution >= 4 is 11.7 Å². The summed E-state index contributed by atoms with van der Waals surface area (Å²) < 4.78 is 10.4. The zero-order chi connectivity index (χ0) is 18.5. The quantitative estimate of drug-likeness (QED) is 0.812. The molecule has 0 unspecified atom stereocenters. The van der Waals surface area contributed by atoms with Crippen molar-refractivity contribution in [1.29, 1.82) is 0 Å². The first-order chi connectivity index (χ1) is 12.6. The van der Waals surface area contributed by atoms with Crippen LogP contribution >= 0.6 is 0 Å². The minimum absolute atomic E-state index is 0.145. The molecule has 1 fully saturated rings. The van der Waals surface area contributed by atoms with Crippen molar-refractivity contribution in [2.45, 2.75) is 13.3 Å². The molecule has 26 heavy (non-hydrogen) atoms. The van der Waals surface area contributed by atoms with Gasteiger partial charge in [0.25, 0.3) is 0 Å². The van der Waals surface area contributed by atoms with Crippen LogP contribution in [-0.4, -0.2) is 61.2 Å². The van der Waals surface area contributed by atoms with Gasteiger partial charge in [-0.15, -0.1) is 0 Å². The third-order valence-corrected chi connectivity index (χ3v) is 4.48. The van der Waals surface area contributed by atoms with E-state index in [0.29, 0.717) is 31.2 Å². The normalized spacial score (nSPS) is 14.3. The second kappa shape index (κ2) is 8.03. The number of carbonyl (C=O) groups excluding carboxylic acids is 1. The summed E-state index contributed by atoms with van der Waals surface area (Å²) in [5, 5.41) is 0. The third-order valence-electron chi connectivity index (χ3n) is 4.48. The van der Waals surface area contributed by atoms with E-state index < -0.39 is 0 Å². The zero-order valence-corrected chi connectivity index (χ0v) is 15.4. The predicted octanol–water partition coefficient (Wildman–Crippen LogP) is 1.69. The maximum Gasteiger partial charge on any atom is 0.227 e. The fourth-order valence-corrected chi connectivity index (χ4v) is 3.01. The summed E-state index contributed by atoms with van der Waals surface area (Å²) in [5.41, 5.74) is 0.995. The molecule has 7 heteroatoms. The SMILES string of the molecule is COc1ccc(CC(=O)N2CCN(c3cc(OC)nc(C)n3)CC2)cc1. The van der Waals surface area contributed by atoms with Crippen molar-refractivity contribution in [3.8, 4) is 11.6 Å². The van der Waals surface area contributed by atoms with Crippen molar-refractivity contribution in [3.05, 3.63) is 41.7 Å². The van der Waals surface area contributed by atoms with E-state index >= 15 is 0 Å². The van der Waals surface area contributed by atoms with E-state index in [1.807, 2.05) is 42.2 Å². The molecule has 1 saturated heterocycles. The van der Waals surface area contributed by atoms with Gasteiger partial charge in [0.05, 0.1) is 20.6 Å². The molecule has 1 amide bonds. The number of piperazine rings is 1. The number of aromatic nitrogens is 2. The molecule has 2 heterocycles. The van der Waals surface area contributed by atoms with E-state index in [2.05, 4.69) is 14.9 Å². The van der Waals surface area contributed by atoms with Gasteiger partial charge in [0.1, 0.15) is 17.4 Å². The van der Waals surface area contributed by atoms with Crippen LogP contribution in [0.1, 0.15) is 11.4 Å². The molecule has 0 spiro atoms. The van der Waals surface area contributed by atoms with Crippen LogP contribution in [0, 0.1) is 6.92 Å². The Labute approximate surface area is 153 Å². The lowest BCUT2D eigenvalue weighted by Crippen LogP contribution is -2.49. The molecule has 0 N–H and O–H groups in total. The van der Waals surface area contributed by atoms with Crippen LogP contribution in [0.25, 0.3) is 0 Å². The van der Waals surface area contributed by atoms with Gasteiger partial charge in [0.2, 0.25) is 11.8 Å². The lowest BCUT2D eigenvalue weighted by atomic mass is 10.1. The standard InChI is InChI=1S/C19H24N4O3/c1-14-20-17(13-18(21-14)26-3)22-8-10-23(11-9-22)19(24)12-15-4-6-16(25-2)7-5-15/h4-7,13H,8-12H2,1-3H3. The Bertz CT molecular complexity index is 756. The first-order valence-electron chi connectivity index (χ1n) is 8.64. The van der Waals surface area contributed by atoms with Gasteiger partial charge in [-0.3, -0.25) is 4.79 Å². The molecule has 3 rings (SSSR count). The van der Waals surface area contributed by atoms with Crippen molar-refractivity contribution in [1.82, 2.24) is 14.9 Å². The highest BCUT2D eigenvalue weighted by molar-refractivity contribution is 5.79. The summed E-state index contributed by atoms with van der Waals surface area (Å²) in [7, 11) is 3.23. The van der Waals surface area contributed by atoms with Gasteiger partial charge >= 0.3 is 0 Å². The number of carbonyl (C=O) groups is 1. The Kier molecular flexibility index (Phi) is 5.55. The second-order valence-corrected chi connectivity index (χ2v) is 6.21. The summed E-state index contributed by atoms with van der Waals surface area (Å²) in [6.45, 7) is 4.70. The molecular weight excluding hydrogens is 332 g/mol. The summed E-state index contributed by atoms with van der Waals surface area (Å²) in [6, 6.07) is 9.46. The average molecular weight is 356 g/mol. The Balaban J connectivity index is 1.57. The number of rotatable bonds is 5. The van der Waals surface area contributed by atoms with Crippen LogP contribution in [0.3, 0.4) is 0 Å². The summed E-state index contributed by atoms with van der Waals surface area (Å²) in [4.78, 5) is 25.3. The molecule has 0 bridgehead atoms. The van der Waals surface area contributed by atoms with Crippen LogP contribution in [0.5, 0.6) is 11.6 Å². The molecule has 138 valence electrons. The third kappa shape index (κ3) is 4.22. The molecule has 0 aliphatic carbocycles. The second-order valence-electron chi connectivity index (χ2n) is 6.21. The number of amides is 1. The van der Waals surface area contributed by atoms with Crippen LogP contribution in [0.15, 0.2) is 30.3 Å². The molecule has 1 aromatic carbocycles.